The topological polar surface area (TPSA) is 103 Å². The van der Waals surface area contributed by atoms with E-state index < -0.39 is 28.4 Å². The highest BCUT2D eigenvalue weighted by molar-refractivity contribution is 7.92. The number of Topliss-reactive ketones (excluding diaryl/α,β-unsaturated/α-hetero) is 1. The Bertz CT molecular complexity index is 1320. The average Bonchev–Trinajstić information content (AvgIpc) is 3.30. The second-order valence-electron chi connectivity index (χ2n) is 7.79. The maximum atomic E-state index is 12.9. The molecule has 0 N–H and O–H groups in total. The van der Waals surface area contributed by atoms with E-state index in [1.165, 1.54) is 40.7 Å². The van der Waals surface area contributed by atoms with Crippen LogP contribution in [0.2, 0.25) is 0 Å². The fourth-order valence-electron chi connectivity index (χ4n) is 3.62. The van der Waals surface area contributed by atoms with Crippen molar-refractivity contribution in [1.29, 1.82) is 0 Å². The van der Waals surface area contributed by atoms with Crippen LogP contribution in [0, 0.1) is 5.82 Å². The van der Waals surface area contributed by atoms with Crippen LogP contribution < -0.4 is 9.04 Å². The van der Waals surface area contributed by atoms with Gasteiger partial charge in [0.05, 0.1) is 11.9 Å². The number of ketones is 1. The van der Waals surface area contributed by atoms with E-state index in [4.69, 9.17) is 13.9 Å². The zero-order valence-electron chi connectivity index (χ0n) is 18.3. The van der Waals surface area contributed by atoms with Gasteiger partial charge in [0.1, 0.15) is 23.9 Å². The molecule has 8 nitrogen and oxygen atoms in total. The number of aryl methyl sites for hydroxylation is 1. The molecule has 0 aliphatic carbocycles. The van der Waals surface area contributed by atoms with Crippen molar-refractivity contribution in [2.45, 2.75) is 19.4 Å². The van der Waals surface area contributed by atoms with Crippen molar-refractivity contribution in [3.05, 3.63) is 83.1 Å². The summed E-state index contributed by atoms with van der Waals surface area (Å²) in [5.41, 5.74) is 1.65. The summed E-state index contributed by atoms with van der Waals surface area (Å²) in [6, 6.07) is 13.2. The lowest BCUT2D eigenvalue weighted by Crippen LogP contribution is -2.34. The molecule has 0 unspecified atom stereocenters. The molecule has 0 fully saturated rings. The number of hydrogen-bond donors (Lipinski definition) is 0. The Kier molecular flexibility index (Phi) is 6.69. The van der Waals surface area contributed by atoms with E-state index in [2.05, 4.69) is 0 Å². The lowest BCUT2D eigenvalue weighted by molar-refractivity contribution is 0.0440. The molecule has 10 heteroatoms. The van der Waals surface area contributed by atoms with Gasteiger partial charge in [-0.2, -0.15) is 0 Å². The molecule has 178 valence electrons. The molecule has 3 aromatic rings. The maximum absolute atomic E-state index is 12.9. The number of ether oxygens (including phenoxy) is 2. The molecule has 1 aliphatic rings. The molecule has 1 aromatic heterocycles. The van der Waals surface area contributed by atoms with E-state index in [0.29, 0.717) is 42.1 Å². The lowest BCUT2D eigenvalue weighted by atomic mass is 9.99. The molecule has 0 atom stereocenters. The highest BCUT2D eigenvalue weighted by atomic mass is 32.2. The van der Waals surface area contributed by atoms with E-state index in [1.807, 2.05) is 0 Å². The average molecular weight is 488 g/mol. The van der Waals surface area contributed by atoms with Crippen molar-refractivity contribution in [2.24, 2.45) is 0 Å². The van der Waals surface area contributed by atoms with Crippen LogP contribution in [0.4, 0.5) is 10.1 Å². The van der Waals surface area contributed by atoms with Crippen LogP contribution in [0.15, 0.2) is 59.0 Å². The quantitative estimate of drug-likeness (QED) is 0.352. The number of sulfonamides is 1. The van der Waals surface area contributed by atoms with Gasteiger partial charge < -0.3 is 13.9 Å². The Balaban J connectivity index is 1.33. The second-order valence-corrected chi connectivity index (χ2v) is 9.70. The first-order valence-electron chi connectivity index (χ1n) is 10.5. The van der Waals surface area contributed by atoms with Crippen molar-refractivity contribution in [2.75, 3.05) is 23.7 Å². The number of carbonyl (C=O) groups is 2. The van der Waals surface area contributed by atoms with Crippen LogP contribution in [-0.2, 0) is 27.8 Å². The molecule has 2 aromatic carbocycles. The van der Waals surface area contributed by atoms with Crippen LogP contribution in [-0.4, -0.2) is 39.6 Å². The molecule has 0 saturated carbocycles. The molecule has 4 rings (SSSR count). The first-order valence-corrected chi connectivity index (χ1v) is 12.3. The van der Waals surface area contributed by atoms with Crippen molar-refractivity contribution >= 4 is 27.5 Å². The van der Waals surface area contributed by atoms with Crippen molar-refractivity contribution < 1.29 is 36.3 Å². The third-order valence-electron chi connectivity index (χ3n) is 5.27. The number of fused-ring (bicyclic) bond motifs is 1. The second kappa shape index (κ2) is 9.68. The first kappa shape index (κ1) is 23.5. The molecule has 0 radical (unpaired) electrons. The summed E-state index contributed by atoms with van der Waals surface area (Å²) in [5, 5.41) is 0. The SMILES string of the molecule is CS(=O)(=O)N1CCCc2cc(C(=O)COC(=O)c3ccc(COc4ccc(F)cc4)o3)ccc21. The standard InChI is InChI=1S/C24H22FNO7S/c1-34(29,30)26-12-2-3-16-13-17(4-10-21(16)26)22(27)15-32-24(28)23-11-9-20(33-23)14-31-19-7-5-18(25)6-8-19/h4-11,13H,2-3,12,14-15H2,1H3. The van der Waals surface area contributed by atoms with Crippen molar-refractivity contribution in [3.8, 4) is 5.75 Å². The van der Waals surface area contributed by atoms with Gasteiger partial charge in [0, 0.05) is 12.1 Å². The Hall–Kier alpha value is -3.66. The summed E-state index contributed by atoms with van der Waals surface area (Å²) >= 11 is 0. The third kappa shape index (κ3) is 5.45. The van der Waals surface area contributed by atoms with Crippen molar-refractivity contribution in [1.82, 2.24) is 0 Å². The third-order valence-corrected chi connectivity index (χ3v) is 6.45. The highest BCUT2D eigenvalue weighted by Gasteiger charge is 2.25. The number of rotatable bonds is 8. The maximum Gasteiger partial charge on any atom is 0.374 e. The normalized spacial score (nSPS) is 13.3. The fourth-order valence-corrected chi connectivity index (χ4v) is 4.61. The Morgan fingerprint density at radius 3 is 2.59 bits per heavy atom. The predicted molar refractivity (Wildman–Crippen MR) is 121 cm³/mol. The Labute approximate surface area is 195 Å². The minimum absolute atomic E-state index is 0.0253. The van der Waals surface area contributed by atoms with Crippen LogP contribution in [0.3, 0.4) is 0 Å². The number of furan rings is 1. The molecule has 0 bridgehead atoms. The highest BCUT2D eigenvalue weighted by Crippen LogP contribution is 2.30. The molecule has 2 heterocycles. The van der Waals surface area contributed by atoms with E-state index >= 15 is 0 Å². The first-order chi connectivity index (χ1) is 16.2. The Morgan fingerprint density at radius 1 is 1.09 bits per heavy atom. The number of carbonyl (C=O) groups excluding carboxylic acids is 2. The smallest absolute Gasteiger partial charge is 0.374 e. The van der Waals surface area contributed by atoms with Gasteiger partial charge in [-0.05, 0) is 73.0 Å². The van der Waals surface area contributed by atoms with E-state index in [-0.39, 0.29) is 18.2 Å². The van der Waals surface area contributed by atoms with Gasteiger partial charge in [0.25, 0.3) is 0 Å². The molecule has 0 spiro atoms. The fraction of sp³-hybridized carbons (Fsp3) is 0.250. The summed E-state index contributed by atoms with van der Waals surface area (Å²) in [7, 11) is -3.40. The number of nitrogens with zero attached hydrogens (tertiary/aromatic N) is 1. The molecule has 0 saturated heterocycles. The summed E-state index contributed by atoms with van der Waals surface area (Å²) in [4.78, 5) is 24.8. The molecule has 0 amide bonds. The predicted octanol–water partition coefficient (Wildman–Crippen LogP) is 3.75. The summed E-state index contributed by atoms with van der Waals surface area (Å²) in [6.45, 7) is -0.0657. The molecule has 1 aliphatic heterocycles. The number of anilines is 1. The zero-order chi connectivity index (χ0) is 24.3. The van der Waals surface area contributed by atoms with Gasteiger partial charge in [-0.15, -0.1) is 0 Å². The largest absolute Gasteiger partial charge is 0.486 e. The van der Waals surface area contributed by atoms with Gasteiger partial charge >= 0.3 is 5.97 Å². The monoisotopic (exact) mass is 487 g/mol. The molecule has 34 heavy (non-hydrogen) atoms. The van der Waals surface area contributed by atoms with Gasteiger partial charge in [0.2, 0.25) is 15.8 Å². The van der Waals surface area contributed by atoms with Gasteiger partial charge in [0.15, 0.2) is 12.4 Å². The number of esters is 1. The number of benzene rings is 2. The summed E-state index contributed by atoms with van der Waals surface area (Å²) < 4.78 is 54.2. The summed E-state index contributed by atoms with van der Waals surface area (Å²) in [5.74, 6) is -0.887. The van der Waals surface area contributed by atoms with Crippen LogP contribution in [0.1, 0.15) is 38.7 Å². The molecular weight excluding hydrogens is 465 g/mol. The van der Waals surface area contributed by atoms with Crippen LogP contribution in [0.25, 0.3) is 0 Å². The lowest BCUT2D eigenvalue weighted by Gasteiger charge is -2.29. The Morgan fingerprint density at radius 2 is 1.85 bits per heavy atom. The number of hydrogen-bond acceptors (Lipinski definition) is 7. The van der Waals surface area contributed by atoms with E-state index in [9.17, 15) is 22.4 Å². The van der Waals surface area contributed by atoms with E-state index in [0.717, 1.165) is 11.8 Å². The van der Waals surface area contributed by atoms with Crippen LogP contribution in [0.5, 0.6) is 5.75 Å². The minimum Gasteiger partial charge on any atom is -0.486 e. The van der Waals surface area contributed by atoms with Crippen molar-refractivity contribution in [3.63, 3.8) is 0 Å². The van der Waals surface area contributed by atoms with E-state index in [1.54, 1.807) is 18.2 Å². The van der Waals surface area contributed by atoms with Gasteiger partial charge in [-0.3, -0.25) is 9.10 Å². The van der Waals surface area contributed by atoms with Gasteiger partial charge in [-0.25, -0.2) is 17.6 Å². The summed E-state index contributed by atoms with van der Waals surface area (Å²) in [6.07, 6.45) is 2.45. The van der Waals surface area contributed by atoms with Gasteiger partial charge in [-0.1, -0.05) is 0 Å². The minimum atomic E-state index is -3.40. The number of halogens is 1. The van der Waals surface area contributed by atoms with Crippen LogP contribution >= 0.6 is 0 Å². The zero-order valence-corrected chi connectivity index (χ0v) is 19.1. The molecular formula is C24H22FNO7S.